The summed E-state index contributed by atoms with van der Waals surface area (Å²) in [7, 11) is 0. The van der Waals surface area contributed by atoms with Gasteiger partial charge in [-0.15, -0.1) is 11.3 Å². The van der Waals surface area contributed by atoms with Gasteiger partial charge in [0, 0.05) is 22.2 Å². The molecule has 2 amide bonds. The highest BCUT2D eigenvalue weighted by atomic mass is 32.1. The molecule has 8 nitrogen and oxygen atoms in total. The molecule has 1 aliphatic carbocycles. The lowest BCUT2D eigenvalue weighted by Gasteiger charge is -2.21. The number of amides is 2. The summed E-state index contributed by atoms with van der Waals surface area (Å²) in [6.45, 7) is 11.2. The largest absolute Gasteiger partial charge is 0.456 e. The van der Waals surface area contributed by atoms with Gasteiger partial charge in [-0.25, -0.2) is 9.78 Å². The third kappa shape index (κ3) is 3.77. The van der Waals surface area contributed by atoms with Crippen LogP contribution in [0.5, 0.6) is 0 Å². The van der Waals surface area contributed by atoms with Gasteiger partial charge in [0.2, 0.25) is 11.8 Å². The van der Waals surface area contributed by atoms with Gasteiger partial charge in [0.25, 0.3) is 0 Å². The lowest BCUT2D eigenvalue weighted by Crippen LogP contribution is -2.35. The number of ether oxygens (including phenoxy) is 1. The van der Waals surface area contributed by atoms with E-state index in [0.717, 1.165) is 9.58 Å². The summed E-state index contributed by atoms with van der Waals surface area (Å²) in [6.07, 6.45) is 1.64. The van der Waals surface area contributed by atoms with E-state index in [1.807, 2.05) is 19.9 Å². The summed E-state index contributed by atoms with van der Waals surface area (Å²) in [6, 6.07) is 7.30. The van der Waals surface area contributed by atoms with Gasteiger partial charge in [-0.3, -0.25) is 19.5 Å². The zero-order valence-corrected chi connectivity index (χ0v) is 21.8. The van der Waals surface area contributed by atoms with Gasteiger partial charge in [-0.2, -0.15) is 5.26 Å². The second kappa shape index (κ2) is 7.93. The third-order valence-corrected chi connectivity index (χ3v) is 8.02. The highest BCUT2D eigenvalue weighted by Crippen LogP contribution is 2.63. The van der Waals surface area contributed by atoms with Crippen molar-refractivity contribution < 1.29 is 19.1 Å². The Morgan fingerprint density at radius 3 is 2.47 bits per heavy atom. The van der Waals surface area contributed by atoms with Crippen molar-refractivity contribution in [3.05, 3.63) is 46.2 Å². The first-order valence-electron chi connectivity index (χ1n) is 11.7. The molecule has 2 atom stereocenters. The Kier molecular flexibility index (Phi) is 5.31. The number of rotatable bonds is 4. The van der Waals surface area contributed by atoms with Gasteiger partial charge in [-0.1, -0.05) is 13.8 Å². The van der Waals surface area contributed by atoms with E-state index in [2.05, 4.69) is 16.0 Å². The number of nitrogens with zero attached hydrogens (tertiary/aromatic N) is 4. The molecular formula is C27H26N4O4S. The zero-order valence-electron chi connectivity index (χ0n) is 21.0. The van der Waals surface area contributed by atoms with E-state index in [9.17, 15) is 19.6 Å². The summed E-state index contributed by atoms with van der Waals surface area (Å²) in [5.74, 6) is -1.21. The number of piperidine rings is 1. The van der Waals surface area contributed by atoms with Gasteiger partial charge in [0.1, 0.15) is 17.4 Å². The third-order valence-electron chi connectivity index (χ3n) is 6.88. The Morgan fingerprint density at radius 2 is 1.86 bits per heavy atom. The number of hydrogen-bond acceptors (Lipinski definition) is 8. The second-order valence-electron chi connectivity index (χ2n) is 11.0. The number of carbonyl (C=O) groups excluding carboxylic acids is 3. The number of imide groups is 1. The molecule has 1 aliphatic heterocycles. The Hall–Kier alpha value is -3.64. The maximum Gasteiger partial charge on any atom is 0.341 e. The minimum Gasteiger partial charge on any atom is -0.456 e. The molecule has 2 fully saturated rings. The number of carbonyl (C=O) groups is 3. The molecule has 3 aromatic rings. The fraction of sp³-hybridized carbons (Fsp3) is 0.407. The van der Waals surface area contributed by atoms with Crippen LogP contribution in [0.2, 0.25) is 0 Å². The van der Waals surface area contributed by atoms with Crippen molar-refractivity contribution in [2.24, 2.45) is 17.3 Å². The van der Waals surface area contributed by atoms with Gasteiger partial charge >= 0.3 is 5.97 Å². The standard InChI is InChI=1S/C27H26N4O4S/c1-13-19(25(34)35-26(2,3)4)17(9-14(11-28)30-13)16-7-8-29-18-10-15(36-22(16)18)12-31-23(32)20-21(24(31)33)27(20,5)6/h7-10,20-21H,12H2,1-6H3. The van der Waals surface area contributed by atoms with Crippen LogP contribution < -0.4 is 0 Å². The van der Waals surface area contributed by atoms with E-state index < -0.39 is 11.6 Å². The van der Waals surface area contributed by atoms with Crippen molar-refractivity contribution in [2.45, 2.75) is 53.7 Å². The minimum absolute atomic E-state index is 0.115. The average molecular weight is 503 g/mol. The Labute approximate surface area is 212 Å². The maximum absolute atomic E-state index is 13.2. The monoisotopic (exact) mass is 502 g/mol. The SMILES string of the molecule is Cc1nc(C#N)cc(-c2ccnc3cc(CN4C(=O)C5C(C4=O)C5(C)C)sc23)c1C(=O)OC(C)(C)C. The van der Waals surface area contributed by atoms with Crippen LogP contribution in [0.15, 0.2) is 24.4 Å². The van der Waals surface area contributed by atoms with E-state index >= 15 is 0 Å². The first-order chi connectivity index (χ1) is 16.8. The lowest BCUT2D eigenvalue weighted by molar-refractivity contribution is -0.143. The topological polar surface area (TPSA) is 113 Å². The molecule has 0 bridgehead atoms. The predicted octanol–water partition coefficient (Wildman–Crippen LogP) is 4.63. The number of hydrogen-bond donors (Lipinski definition) is 0. The summed E-state index contributed by atoms with van der Waals surface area (Å²) in [5.41, 5.74) is 1.84. The molecule has 1 saturated heterocycles. The summed E-state index contributed by atoms with van der Waals surface area (Å²) in [4.78, 5) is 49.7. The molecule has 0 spiro atoms. The Bertz CT molecular complexity index is 1480. The molecular weight excluding hydrogens is 476 g/mol. The number of aromatic nitrogens is 2. The molecule has 2 unspecified atom stereocenters. The van der Waals surface area contributed by atoms with Crippen LogP contribution in [0.1, 0.15) is 61.2 Å². The smallest absolute Gasteiger partial charge is 0.341 e. The fourth-order valence-electron chi connectivity index (χ4n) is 5.12. The Morgan fingerprint density at radius 1 is 1.19 bits per heavy atom. The number of nitriles is 1. The maximum atomic E-state index is 13.2. The minimum atomic E-state index is -0.706. The number of thiophene rings is 1. The summed E-state index contributed by atoms with van der Waals surface area (Å²) >= 11 is 1.41. The molecule has 0 aromatic carbocycles. The number of aryl methyl sites for hydroxylation is 1. The van der Waals surface area contributed by atoms with Gasteiger partial charge in [0.05, 0.1) is 39.9 Å². The normalized spacial score (nSPS) is 20.4. The van der Waals surface area contributed by atoms with Crippen molar-refractivity contribution in [1.29, 1.82) is 5.26 Å². The highest BCUT2D eigenvalue weighted by molar-refractivity contribution is 7.19. The van der Waals surface area contributed by atoms with Crippen LogP contribution in [0.3, 0.4) is 0 Å². The van der Waals surface area contributed by atoms with Gasteiger partial charge in [-0.05, 0) is 51.3 Å². The number of esters is 1. The van der Waals surface area contributed by atoms with E-state index in [1.165, 1.54) is 16.2 Å². The van der Waals surface area contributed by atoms with Crippen LogP contribution in [-0.2, 0) is 20.9 Å². The van der Waals surface area contributed by atoms with E-state index in [4.69, 9.17) is 4.74 Å². The molecule has 4 heterocycles. The van der Waals surface area contributed by atoms with Crippen molar-refractivity contribution in [1.82, 2.24) is 14.9 Å². The van der Waals surface area contributed by atoms with Crippen LogP contribution in [0, 0.1) is 35.5 Å². The van der Waals surface area contributed by atoms with Crippen molar-refractivity contribution in [3.63, 3.8) is 0 Å². The van der Waals surface area contributed by atoms with E-state index in [-0.39, 0.29) is 41.3 Å². The molecule has 5 rings (SSSR count). The molecule has 184 valence electrons. The molecule has 3 aromatic heterocycles. The van der Waals surface area contributed by atoms with Gasteiger partial charge < -0.3 is 4.74 Å². The fourth-order valence-corrected chi connectivity index (χ4v) is 6.25. The van der Waals surface area contributed by atoms with Crippen molar-refractivity contribution in [3.8, 4) is 17.2 Å². The predicted molar refractivity (Wildman–Crippen MR) is 134 cm³/mol. The quantitative estimate of drug-likeness (QED) is 0.377. The number of likely N-dealkylation sites (tertiary alicyclic amines) is 1. The molecule has 36 heavy (non-hydrogen) atoms. The number of pyridine rings is 2. The molecule has 1 saturated carbocycles. The average Bonchev–Trinajstić information content (AvgIpc) is 3.03. The second-order valence-corrected chi connectivity index (χ2v) is 12.1. The molecule has 9 heteroatoms. The summed E-state index contributed by atoms with van der Waals surface area (Å²) < 4.78 is 6.43. The van der Waals surface area contributed by atoms with Crippen LogP contribution in [0.4, 0.5) is 0 Å². The highest BCUT2D eigenvalue weighted by Gasteiger charge is 2.72. The number of fused-ring (bicyclic) bond motifs is 2. The Balaban J connectivity index is 1.57. The first-order valence-corrected chi connectivity index (χ1v) is 12.5. The van der Waals surface area contributed by atoms with Crippen LogP contribution in [0.25, 0.3) is 21.3 Å². The molecule has 2 aliphatic rings. The van der Waals surface area contributed by atoms with Crippen LogP contribution >= 0.6 is 11.3 Å². The van der Waals surface area contributed by atoms with Gasteiger partial charge in [0.15, 0.2) is 0 Å². The lowest BCUT2D eigenvalue weighted by atomic mass is 9.98. The molecule has 0 radical (unpaired) electrons. The van der Waals surface area contributed by atoms with Crippen molar-refractivity contribution in [2.75, 3.05) is 0 Å². The molecule has 0 N–H and O–H groups in total. The van der Waals surface area contributed by atoms with Crippen molar-refractivity contribution >= 4 is 39.3 Å². The van der Waals surface area contributed by atoms with E-state index in [1.54, 1.807) is 46.0 Å². The summed E-state index contributed by atoms with van der Waals surface area (Å²) in [5, 5.41) is 9.53. The zero-order chi connectivity index (χ0) is 26.2. The van der Waals surface area contributed by atoms with Crippen LogP contribution in [-0.4, -0.2) is 38.3 Å². The van der Waals surface area contributed by atoms with E-state index in [0.29, 0.717) is 27.9 Å². The first kappa shape index (κ1) is 24.1.